The molecule has 1 atom stereocenters. The Kier molecular flexibility index (Phi) is 8.33. The fourth-order valence-corrected chi connectivity index (χ4v) is 5.54. The number of aryl methyl sites for hydroxylation is 1. The molecule has 1 aromatic heterocycles. The molecule has 1 aliphatic rings. The summed E-state index contributed by atoms with van der Waals surface area (Å²) in [6.45, 7) is 8.02. The van der Waals surface area contributed by atoms with Crippen LogP contribution in [-0.4, -0.2) is 65.7 Å². The number of nitro benzene ring substituents is 1. The van der Waals surface area contributed by atoms with Crippen LogP contribution in [0.4, 0.5) is 5.69 Å². The number of carbonyl (C=O) groups excluding carboxylic acids is 1. The number of amides is 1. The summed E-state index contributed by atoms with van der Waals surface area (Å²) in [6, 6.07) is 10.6. The normalized spacial score (nSPS) is 15.1. The van der Waals surface area contributed by atoms with Crippen LogP contribution in [0.3, 0.4) is 0 Å². The van der Waals surface area contributed by atoms with Crippen molar-refractivity contribution in [1.82, 2.24) is 19.4 Å². The maximum absolute atomic E-state index is 13.6. The minimum absolute atomic E-state index is 0.0919. The van der Waals surface area contributed by atoms with E-state index in [0.29, 0.717) is 11.3 Å². The monoisotopic (exact) mass is 557 g/mol. The summed E-state index contributed by atoms with van der Waals surface area (Å²) in [6.07, 6.45) is 0.721. The van der Waals surface area contributed by atoms with E-state index in [9.17, 15) is 23.3 Å². The van der Waals surface area contributed by atoms with Crippen molar-refractivity contribution in [3.63, 3.8) is 0 Å². The zero-order valence-corrected chi connectivity index (χ0v) is 23.0. The fraction of sp³-hybridized carbons (Fsp3) is 0.385. The van der Waals surface area contributed by atoms with Crippen LogP contribution in [0.25, 0.3) is 5.69 Å². The third kappa shape index (κ3) is 5.95. The van der Waals surface area contributed by atoms with E-state index in [1.54, 1.807) is 19.1 Å². The van der Waals surface area contributed by atoms with Gasteiger partial charge in [0.05, 0.1) is 23.8 Å². The maximum Gasteiger partial charge on any atom is 0.272 e. The molecule has 1 amide bonds. The number of hydrogen-bond donors (Lipinski definition) is 1. The molecule has 1 N–H and O–H groups in total. The summed E-state index contributed by atoms with van der Waals surface area (Å²) in [5.41, 5.74) is 1.69. The highest BCUT2D eigenvalue weighted by Crippen LogP contribution is 2.37. The lowest BCUT2D eigenvalue weighted by molar-refractivity contribution is -0.385. The van der Waals surface area contributed by atoms with Crippen molar-refractivity contribution < 1.29 is 27.6 Å². The molecule has 1 saturated heterocycles. The second-order valence-electron chi connectivity index (χ2n) is 9.32. The highest BCUT2D eigenvalue weighted by molar-refractivity contribution is 7.89. The highest BCUT2D eigenvalue weighted by atomic mass is 32.2. The minimum Gasteiger partial charge on any atom is -0.437 e. The molecule has 0 radical (unpaired) electrons. The molecule has 39 heavy (non-hydrogen) atoms. The Morgan fingerprint density at radius 2 is 1.85 bits per heavy atom. The molecule has 208 valence electrons. The summed E-state index contributed by atoms with van der Waals surface area (Å²) >= 11 is 0. The number of nitrogens with one attached hydrogen (secondary N) is 1. The number of carbonyl (C=O) groups is 1. The van der Waals surface area contributed by atoms with Crippen LogP contribution in [-0.2, 0) is 14.8 Å². The lowest BCUT2D eigenvalue weighted by atomic mass is 10.2. The van der Waals surface area contributed by atoms with Gasteiger partial charge >= 0.3 is 0 Å². The van der Waals surface area contributed by atoms with Gasteiger partial charge in [-0.25, -0.2) is 8.42 Å². The summed E-state index contributed by atoms with van der Waals surface area (Å²) in [7, 11) is -4.18. The van der Waals surface area contributed by atoms with Crippen LogP contribution in [0.5, 0.6) is 11.6 Å². The average Bonchev–Trinajstić information content (AvgIpc) is 3.25. The number of morpholine rings is 1. The van der Waals surface area contributed by atoms with Crippen molar-refractivity contribution in [2.24, 2.45) is 0 Å². The highest BCUT2D eigenvalue weighted by Gasteiger charge is 2.32. The number of ether oxygens (including phenoxy) is 2. The molecule has 4 rings (SSSR count). The van der Waals surface area contributed by atoms with Gasteiger partial charge in [0.25, 0.3) is 11.6 Å². The number of aromatic nitrogens is 2. The van der Waals surface area contributed by atoms with Gasteiger partial charge in [-0.15, -0.1) is 0 Å². The van der Waals surface area contributed by atoms with Gasteiger partial charge in [0.15, 0.2) is 5.69 Å². The van der Waals surface area contributed by atoms with Crippen LogP contribution in [0.15, 0.2) is 47.4 Å². The first-order valence-electron chi connectivity index (χ1n) is 12.5. The topological polar surface area (TPSA) is 146 Å². The predicted octanol–water partition coefficient (Wildman–Crippen LogP) is 3.74. The second kappa shape index (κ2) is 11.5. The van der Waals surface area contributed by atoms with Gasteiger partial charge in [-0.05, 0) is 45.4 Å². The Bertz CT molecular complexity index is 1480. The van der Waals surface area contributed by atoms with Crippen molar-refractivity contribution in [3.05, 3.63) is 69.4 Å². The van der Waals surface area contributed by atoms with Gasteiger partial charge in [0.1, 0.15) is 10.6 Å². The quantitative estimate of drug-likeness (QED) is 0.309. The van der Waals surface area contributed by atoms with E-state index in [4.69, 9.17) is 9.47 Å². The van der Waals surface area contributed by atoms with E-state index >= 15 is 0 Å². The van der Waals surface area contributed by atoms with E-state index < -0.39 is 26.5 Å². The number of rotatable bonds is 9. The van der Waals surface area contributed by atoms with Crippen molar-refractivity contribution in [2.75, 3.05) is 26.3 Å². The molecule has 3 aromatic rings. The Morgan fingerprint density at radius 1 is 1.18 bits per heavy atom. The molecule has 13 heteroatoms. The van der Waals surface area contributed by atoms with E-state index in [1.807, 2.05) is 32.9 Å². The van der Waals surface area contributed by atoms with Crippen LogP contribution in [0.1, 0.15) is 41.9 Å². The van der Waals surface area contributed by atoms with Gasteiger partial charge in [0.2, 0.25) is 15.9 Å². The number of hydrogen-bond acceptors (Lipinski definition) is 8. The Balaban J connectivity index is 1.85. The lowest BCUT2D eigenvalue weighted by Crippen LogP contribution is -2.40. The van der Waals surface area contributed by atoms with Crippen LogP contribution < -0.4 is 10.1 Å². The SMILES string of the molecule is CC[C@H](C)NC(=O)c1nn(-c2ccc(C)cc2)c(Oc2ccc([N+](=O)[O-])cc2S(=O)(=O)N2CCOCC2)c1C. The summed E-state index contributed by atoms with van der Waals surface area (Å²) in [5.74, 6) is -0.416. The van der Waals surface area contributed by atoms with Gasteiger partial charge in [-0.1, -0.05) is 24.6 Å². The van der Waals surface area contributed by atoms with Crippen LogP contribution in [0, 0.1) is 24.0 Å². The zero-order valence-electron chi connectivity index (χ0n) is 22.2. The molecular formula is C26H31N5O7S. The standard InChI is InChI=1S/C26H31N5O7S/c1-5-18(3)27-25(32)24-19(4)26(30(28-24)20-8-6-17(2)7-9-20)38-22-11-10-21(31(33)34)16-23(22)39(35,36)29-12-14-37-15-13-29/h6-11,16,18H,5,12-15H2,1-4H3,(H,27,32)/t18-/m0/s1. The maximum atomic E-state index is 13.6. The van der Waals surface area contributed by atoms with Gasteiger partial charge < -0.3 is 14.8 Å². The molecule has 0 bridgehead atoms. The minimum atomic E-state index is -4.18. The first-order chi connectivity index (χ1) is 18.5. The molecular weight excluding hydrogens is 526 g/mol. The number of nitrogens with zero attached hydrogens (tertiary/aromatic N) is 4. The molecule has 2 heterocycles. The van der Waals surface area contributed by atoms with Crippen molar-refractivity contribution in [1.29, 1.82) is 0 Å². The average molecular weight is 558 g/mol. The molecule has 0 spiro atoms. The predicted molar refractivity (Wildman–Crippen MR) is 143 cm³/mol. The number of sulfonamides is 1. The molecule has 0 aliphatic carbocycles. The Labute approximate surface area is 226 Å². The molecule has 0 saturated carbocycles. The van der Waals surface area contributed by atoms with E-state index in [2.05, 4.69) is 10.4 Å². The first-order valence-corrected chi connectivity index (χ1v) is 14.0. The molecule has 2 aromatic carbocycles. The van der Waals surface area contributed by atoms with Gasteiger partial charge in [0, 0.05) is 36.8 Å². The van der Waals surface area contributed by atoms with E-state index in [0.717, 1.165) is 18.1 Å². The van der Waals surface area contributed by atoms with Crippen LogP contribution in [0.2, 0.25) is 0 Å². The first kappa shape index (κ1) is 28.2. The second-order valence-corrected chi connectivity index (χ2v) is 11.2. The van der Waals surface area contributed by atoms with Gasteiger partial charge in [-0.3, -0.25) is 14.9 Å². The fourth-order valence-electron chi connectivity index (χ4n) is 4.00. The third-order valence-electron chi connectivity index (χ3n) is 6.48. The van der Waals surface area contributed by atoms with E-state index in [-0.39, 0.29) is 54.6 Å². The Morgan fingerprint density at radius 3 is 2.46 bits per heavy atom. The van der Waals surface area contributed by atoms with Crippen LogP contribution >= 0.6 is 0 Å². The molecule has 1 aliphatic heterocycles. The third-order valence-corrected chi connectivity index (χ3v) is 8.40. The van der Waals surface area contributed by atoms with Gasteiger partial charge in [-0.2, -0.15) is 14.1 Å². The summed E-state index contributed by atoms with van der Waals surface area (Å²) in [4.78, 5) is 23.5. The number of benzene rings is 2. The molecule has 0 unspecified atom stereocenters. The lowest BCUT2D eigenvalue weighted by Gasteiger charge is -2.26. The van der Waals surface area contributed by atoms with Crippen molar-refractivity contribution in [3.8, 4) is 17.3 Å². The summed E-state index contributed by atoms with van der Waals surface area (Å²) in [5, 5.41) is 18.9. The zero-order chi connectivity index (χ0) is 28.3. The Hall–Kier alpha value is -3.81. The molecule has 12 nitrogen and oxygen atoms in total. The summed E-state index contributed by atoms with van der Waals surface area (Å²) < 4.78 is 41.3. The largest absolute Gasteiger partial charge is 0.437 e. The van der Waals surface area contributed by atoms with E-state index in [1.165, 1.54) is 21.1 Å². The smallest absolute Gasteiger partial charge is 0.272 e. The number of nitro groups is 1. The number of non-ortho nitro benzene ring substituents is 1. The van der Waals surface area contributed by atoms with Crippen molar-refractivity contribution in [2.45, 2.75) is 45.1 Å². The molecule has 1 fully saturated rings. The van der Waals surface area contributed by atoms with Crippen molar-refractivity contribution >= 4 is 21.6 Å².